The van der Waals surface area contributed by atoms with Gasteiger partial charge in [-0.1, -0.05) is 37.1 Å². The Kier molecular flexibility index (Phi) is 4.57. The Morgan fingerprint density at radius 3 is 2.50 bits per heavy atom. The molecule has 2 aliphatic rings. The largest absolute Gasteiger partial charge is 0.331 e. The van der Waals surface area contributed by atoms with Gasteiger partial charge in [0.1, 0.15) is 5.82 Å². The molecule has 0 saturated heterocycles. The molecule has 32 heavy (non-hydrogen) atoms. The van der Waals surface area contributed by atoms with Crippen LogP contribution in [0.25, 0.3) is 11.5 Å². The van der Waals surface area contributed by atoms with Crippen LogP contribution in [-0.2, 0) is 23.3 Å². The van der Waals surface area contributed by atoms with Gasteiger partial charge >= 0.3 is 0 Å². The maximum absolute atomic E-state index is 13.9. The second kappa shape index (κ2) is 7.48. The number of rotatable bonds is 4. The van der Waals surface area contributed by atoms with Crippen molar-refractivity contribution < 1.29 is 4.79 Å². The van der Waals surface area contributed by atoms with E-state index in [1.165, 1.54) is 10.4 Å². The number of carbonyl (C=O) groups is 1. The van der Waals surface area contributed by atoms with Gasteiger partial charge in [-0.25, -0.2) is 4.68 Å². The van der Waals surface area contributed by atoms with Gasteiger partial charge in [0.05, 0.1) is 29.9 Å². The average molecular weight is 443 g/mol. The molecule has 3 aromatic heterocycles. The topological polar surface area (TPSA) is 43.1 Å². The zero-order valence-corrected chi connectivity index (χ0v) is 19.0. The van der Waals surface area contributed by atoms with Crippen LogP contribution < -0.4 is 0 Å². The highest BCUT2D eigenvalue weighted by molar-refractivity contribution is 7.10. The van der Waals surface area contributed by atoms with Gasteiger partial charge in [-0.05, 0) is 55.0 Å². The Morgan fingerprint density at radius 1 is 1.00 bits per heavy atom. The molecule has 4 aromatic rings. The van der Waals surface area contributed by atoms with Gasteiger partial charge in [0.15, 0.2) is 0 Å². The Bertz CT molecular complexity index is 1260. The molecular weight excluding hydrogens is 416 g/mol. The minimum Gasteiger partial charge on any atom is -0.331 e. The molecule has 4 heterocycles. The number of carbonyl (C=O) groups excluding carboxylic acids is 1. The predicted octanol–water partition coefficient (Wildman–Crippen LogP) is 5.39. The zero-order chi connectivity index (χ0) is 21.7. The third-order valence-corrected chi connectivity index (χ3v) is 8.14. The normalized spacial score (nSPS) is 17.1. The fraction of sp³-hybridized carbons (Fsp3) is 0.308. The first-order chi connectivity index (χ1) is 15.7. The van der Waals surface area contributed by atoms with Crippen molar-refractivity contribution >= 4 is 17.2 Å². The quantitative estimate of drug-likeness (QED) is 0.425. The van der Waals surface area contributed by atoms with E-state index in [0.717, 1.165) is 48.4 Å². The number of nitrogens with zero attached hydrogens (tertiary/aromatic N) is 4. The first-order valence-corrected chi connectivity index (χ1v) is 12.2. The summed E-state index contributed by atoms with van der Waals surface area (Å²) in [6, 6.07) is 16.6. The lowest BCUT2D eigenvalue weighted by Crippen LogP contribution is -2.42. The van der Waals surface area contributed by atoms with E-state index in [1.807, 2.05) is 21.7 Å². The highest BCUT2D eigenvalue weighted by atomic mass is 32.1. The SMILES string of the molecule is Cc1ccccc1-n1nc2c(c1-n1cccc1)CN(C(=O)C1(c3cccs3)CCCC1)C2. The maximum Gasteiger partial charge on any atom is 0.234 e. The molecule has 0 spiro atoms. The number of hydrogen-bond acceptors (Lipinski definition) is 3. The first-order valence-electron chi connectivity index (χ1n) is 11.3. The predicted molar refractivity (Wildman–Crippen MR) is 126 cm³/mol. The molecule has 1 aliphatic heterocycles. The van der Waals surface area contributed by atoms with Gasteiger partial charge in [0, 0.05) is 22.8 Å². The van der Waals surface area contributed by atoms with Gasteiger partial charge in [0.2, 0.25) is 5.91 Å². The highest BCUT2D eigenvalue weighted by Gasteiger charge is 2.47. The van der Waals surface area contributed by atoms with Crippen LogP contribution in [-0.4, -0.2) is 25.2 Å². The van der Waals surface area contributed by atoms with Gasteiger partial charge in [0.25, 0.3) is 0 Å². The Labute approximate surface area is 191 Å². The molecule has 6 heteroatoms. The highest BCUT2D eigenvalue weighted by Crippen LogP contribution is 2.46. The fourth-order valence-electron chi connectivity index (χ4n) is 5.45. The van der Waals surface area contributed by atoms with Gasteiger partial charge < -0.3 is 9.47 Å². The minimum atomic E-state index is -0.350. The molecule has 0 bridgehead atoms. The molecular formula is C26H26N4OS. The number of thiophene rings is 1. The smallest absolute Gasteiger partial charge is 0.234 e. The Balaban J connectivity index is 1.40. The summed E-state index contributed by atoms with van der Waals surface area (Å²) in [6.07, 6.45) is 8.26. The van der Waals surface area contributed by atoms with Crippen molar-refractivity contribution in [2.24, 2.45) is 0 Å². The summed E-state index contributed by atoms with van der Waals surface area (Å²) in [5.41, 5.74) is 4.06. The molecule has 1 aromatic carbocycles. The third kappa shape index (κ3) is 2.89. The zero-order valence-electron chi connectivity index (χ0n) is 18.2. The molecule has 6 rings (SSSR count). The lowest BCUT2D eigenvalue weighted by atomic mass is 9.83. The second-order valence-corrected chi connectivity index (χ2v) is 9.91. The van der Waals surface area contributed by atoms with Crippen LogP contribution >= 0.6 is 11.3 Å². The number of fused-ring (bicyclic) bond motifs is 1. The summed E-state index contributed by atoms with van der Waals surface area (Å²) >= 11 is 1.72. The van der Waals surface area contributed by atoms with Crippen molar-refractivity contribution in [3.8, 4) is 11.5 Å². The number of benzene rings is 1. The fourth-order valence-corrected chi connectivity index (χ4v) is 6.43. The first kappa shape index (κ1) is 19.6. The van der Waals surface area contributed by atoms with E-state index in [-0.39, 0.29) is 11.3 Å². The van der Waals surface area contributed by atoms with Gasteiger partial charge in [-0.2, -0.15) is 5.10 Å². The number of amides is 1. The molecule has 1 amide bonds. The third-order valence-electron chi connectivity index (χ3n) is 7.07. The maximum atomic E-state index is 13.9. The van der Waals surface area contributed by atoms with E-state index in [4.69, 9.17) is 5.10 Å². The second-order valence-electron chi connectivity index (χ2n) is 8.97. The summed E-state index contributed by atoms with van der Waals surface area (Å²) in [6.45, 7) is 3.30. The molecule has 0 N–H and O–H groups in total. The lowest BCUT2D eigenvalue weighted by molar-refractivity contribution is -0.138. The van der Waals surface area contributed by atoms with Crippen LogP contribution in [0, 0.1) is 6.92 Å². The summed E-state index contributed by atoms with van der Waals surface area (Å²) in [5, 5.41) is 7.12. The molecule has 0 atom stereocenters. The number of aromatic nitrogens is 3. The molecule has 1 saturated carbocycles. The van der Waals surface area contributed by atoms with Crippen molar-refractivity contribution in [3.05, 3.63) is 88.0 Å². The number of aryl methyl sites for hydroxylation is 1. The Hall–Kier alpha value is -3.12. The summed E-state index contributed by atoms with van der Waals surface area (Å²) in [4.78, 5) is 17.2. The van der Waals surface area contributed by atoms with E-state index >= 15 is 0 Å². The van der Waals surface area contributed by atoms with E-state index < -0.39 is 0 Å². The van der Waals surface area contributed by atoms with E-state index in [0.29, 0.717) is 13.1 Å². The van der Waals surface area contributed by atoms with Crippen LogP contribution in [0.3, 0.4) is 0 Å². The van der Waals surface area contributed by atoms with Crippen LogP contribution in [0.5, 0.6) is 0 Å². The average Bonchev–Trinajstić information content (AvgIpc) is 3.61. The number of para-hydroxylation sites is 1. The van der Waals surface area contributed by atoms with Crippen molar-refractivity contribution in [1.82, 2.24) is 19.2 Å². The van der Waals surface area contributed by atoms with Crippen LogP contribution in [0.2, 0.25) is 0 Å². The van der Waals surface area contributed by atoms with Crippen LogP contribution in [0.4, 0.5) is 0 Å². The summed E-state index contributed by atoms with van der Waals surface area (Å²) in [5.74, 6) is 1.31. The summed E-state index contributed by atoms with van der Waals surface area (Å²) < 4.78 is 4.17. The van der Waals surface area contributed by atoms with Crippen LogP contribution in [0.15, 0.2) is 66.3 Å². The lowest BCUT2D eigenvalue weighted by Gasteiger charge is -2.31. The standard InChI is InChI=1S/C26H26N4OS/c1-19-9-2-3-10-22(19)30-24(28-14-6-7-15-28)20-17-29(18-21(20)27-30)25(31)26(12-4-5-13-26)23-11-8-16-32-23/h2-3,6-11,14-16H,4-5,12-13,17-18H2,1H3. The van der Waals surface area contributed by atoms with Gasteiger partial charge in [-0.15, -0.1) is 11.3 Å². The van der Waals surface area contributed by atoms with E-state index in [9.17, 15) is 4.79 Å². The van der Waals surface area contributed by atoms with E-state index in [2.05, 4.69) is 65.7 Å². The molecule has 0 unspecified atom stereocenters. The molecule has 1 fully saturated rings. The van der Waals surface area contributed by atoms with Crippen molar-refractivity contribution in [2.45, 2.75) is 51.1 Å². The monoisotopic (exact) mass is 442 g/mol. The van der Waals surface area contributed by atoms with Crippen molar-refractivity contribution in [2.75, 3.05) is 0 Å². The molecule has 5 nitrogen and oxygen atoms in total. The van der Waals surface area contributed by atoms with Gasteiger partial charge in [-0.3, -0.25) is 4.79 Å². The van der Waals surface area contributed by atoms with Crippen molar-refractivity contribution in [1.29, 1.82) is 0 Å². The Morgan fingerprint density at radius 2 is 1.78 bits per heavy atom. The van der Waals surface area contributed by atoms with Crippen molar-refractivity contribution in [3.63, 3.8) is 0 Å². The van der Waals surface area contributed by atoms with E-state index in [1.54, 1.807) is 11.3 Å². The molecule has 162 valence electrons. The number of hydrogen-bond donors (Lipinski definition) is 0. The molecule has 0 radical (unpaired) electrons. The molecule has 1 aliphatic carbocycles. The summed E-state index contributed by atoms with van der Waals surface area (Å²) in [7, 11) is 0. The minimum absolute atomic E-state index is 0.274. The van der Waals surface area contributed by atoms with Crippen LogP contribution in [0.1, 0.15) is 47.4 Å².